The number of halogens is 1. The molecular weight excluding hydrogens is 244 g/mol. The van der Waals surface area contributed by atoms with Crippen molar-refractivity contribution in [1.82, 2.24) is 0 Å². The molecule has 0 N–H and O–H groups in total. The monoisotopic (exact) mass is 254 g/mol. The Morgan fingerprint density at radius 2 is 1.89 bits per heavy atom. The topological polar surface area (TPSA) is 9.23 Å². The molecule has 0 saturated heterocycles. The average molecular weight is 255 g/mol. The number of ether oxygens (including phenoxy) is 1. The van der Waals surface area contributed by atoms with Crippen LogP contribution in [0.5, 0.6) is 5.75 Å². The summed E-state index contributed by atoms with van der Waals surface area (Å²) in [5.74, 6) is 6.81. The van der Waals surface area contributed by atoms with Crippen molar-refractivity contribution >= 4 is 11.6 Å². The van der Waals surface area contributed by atoms with Gasteiger partial charge in [0.15, 0.2) is 0 Å². The third-order valence-electron chi connectivity index (χ3n) is 2.26. The first kappa shape index (κ1) is 12.3. The summed E-state index contributed by atoms with van der Waals surface area (Å²) in [7, 11) is 0. The summed E-state index contributed by atoms with van der Waals surface area (Å²) in [5, 5.41) is 0.678. The van der Waals surface area contributed by atoms with Crippen LogP contribution in [0, 0.1) is 11.8 Å². The van der Waals surface area contributed by atoms with E-state index in [0.717, 1.165) is 11.1 Å². The molecule has 2 aromatic rings. The molecule has 0 aromatic heterocycles. The van der Waals surface area contributed by atoms with Crippen molar-refractivity contribution in [2.45, 2.75) is 0 Å². The molecule has 0 fully saturated rings. The van der Waals surface area contributed by atoms with Crippen molar-refractivity contribution in [2.24, 2.45) is 0 Å². The van der Waals surface area contributed by atoms with E-state index in [-0.39, 0.29) is 0 Å². The Morgan fingerprint density at radius 3 is 2.67 bits per heavy atom. The van der Waals surface area contributed by atoms with Crippen LogP contribution in [-0.4, -0.2) is 0 Å². The van der Waals surface area contributed by atoms with E-state index in [9.17, 15) is 0 Å². The van der Waals surface area contributed by atoms with Gasteiger partial charge in [0, 0.05) is 10.6 Å². The van der Waals surface area contributed by atoms with Gasteiger partial charge in [0.2, 0.25) is 0 Å². The van der Waals surface area contributed by atoms with Crippen molar-refractivity contribution in [3.8, 4) is 17.6 Å². The zero-order valence-electron chi connectivity index (χ0n) is 9.69. The van der Waals surface area contributed by atoms with Crippen LogP contribution in [0.25, 0.3) is 0 Å². The predicted octanol–water partition coefficient (Wildman–Crippen LogP) is 4.26. The molecule has 0 spiro atoms. The molecule has 0 amide bonds. The molecule has 18 heavy (non-hydrogen) atoms. The van der Waals surface area contributed by atoms with E-state index in [0.29, 0.717) is 10.8 Å². The van der Waals surface area contributed by atoms with Gasteiger partial charge < -0.3 is 4.74 Å². The molecule has 0 unspecified atom stereocenters. The molecule has 0 radical (unpaired) electrons. The second kappa shape index (κ2) is 5.95. The zero-order valence-corrected chi connectivity index (χ0v) is 10.4. The van der Waals surface area contributed by atoms with Crippen LogP contribution in [0.1, 0.15) is 11.1 Å². The quantitative estimate of drug-likeness (QED) is 0.575. The molecule has 0 saturated carbocycles. The predicted molar refractivity (Wildman–Crippen MR) is 74.7 cm³/mol. The first-order chi connectivity index (χ1) is 8.79. The highest BCUT2D eigenvalue weighted by Crippen LogP contribution is 2.17. The Labute approximate surface area is 112 Å². The summed E-state index contributed by atoms with van der Waals surface area (Å²) in [6.45, 7) is 3.54. The maximum atomic E-state index is 5.90. The standard InChI is InChI=1S/C16H11ClO/c1-2-18-16-9-4-3-7-14(16)11-10-13-6-5-8-15(17)12-13/h2-9,12H,1H2. The van der Waals surface area contributed by atoms with Crippen LogP contribution in [0.4, 0.5) is 0 Å². The first-order valence-electron chi connectivity index (χ1n) is 5.44. The third kappa shape index (κ3) is 3.16. The minimum Gasteiger partial charge on any atom is -0.464 e. The number of rotatable bonds is 2. The van der Waals surface area contributed by atoms with Gasteiger partial charge in [-0.05, 0) is 30.3 Å². The summed E-state index contributed by atoms with van der Waals surface area (Å²) in [5.41, 5.74) is 1.69. The summed E-state index contributed by atoms with van der Waals surface area (Å²) in [6.07, 6.45) is 1.39. The minimum absolute atomic E-state index is 0.678. The Hall–Kier alpha value is -2.17. The molecule has 88 valence electrons. The number of para-hydroxylation sites is 1. The maximum Gasteiger partial charge on any atom is 0.142 e. The van der Waals surface area contributed by atoms with Gasteiger partial charge in [-0.3, -0.25) is 0 Å². The van der Waals surface area contributed by atoms with Crippen LogP contribution in [0.2, 0.25) is 5.02 Å². The van der Waals surface area contributed by atoms with Crippen molar-refractivity contribution in [2.75, 3.05) is 0 Å². The molecule has 0 aliphatic heterocycles. The van der Waals surface area contributed by atoms with Gasteiger partial charge in [-0.1, -0.05) is 48.2 Å². The Balaban J connectivity index is 2.32. The number of hydrogen-bond donors (Lipinski definition) is 0. The van der Waals surface area contributed by atoms with E-state index in [4.69, 9.17) is 16.3 Å². The van der Waals surface area contributed by atoms with Crippen LogP contribution >= 0.6 is 11.6 Å². The summed E-state index contributed by atoms with van der Waals surface area (Å²) >= 11 is 5.90. The molecule has 0 aliphatic carbocycles. The molecule has 0 atom stereocenters. The highest BCUT2D eigenvalue weighted by atomic mass is 35.5. The van der Waals surface area contributed by atoms with Gasteiger partial charge in [-0.25, -0.2) is 0 Å². The fraction of sp³-hybridized carbons (Fsp3) is 0. The maximum absolute atomic E-state index is 5.90. The van der Waals surface area contributed by atoms with E-state index >= 15 is 0 Å². The number of hydrogen-bond acceptors (Lipinski definition) is 1. The smallest absolute Gasteiger partial charge is 0.142 e. The number of benzene rings is 2. The van der Waals surface area contributed by atoms with Gasteiger partial charge in [0.1, 0.15) is 5.75 Å². The molecule has 1 nitrogen and oxygen atoms in total. The Bertz CT molecular complexity index is 620. The van der Waals surface area contributed by atoms with E-state index in [2.05, 4.69) is 18.4 Å². The molecular formula is C16H11ClO. The van der Waals surface area contributed by atoms with Gasteiger partial charge in [0.25, 0.3) is 0 Å². The fourth-order valence-electron chi connectivity index (χ4n) is 1.47. The van der Waals surface area contributed by atoms with Crippen molar-refractivity contribution in [1.29, 1.82) is 0 Å². The van der Waals surface area contributed by atoms with Gasteiger partial charge >= 0.3 is 0 Å². The van der Waals surface area contributed by atoms with Crippen molar-refractivity contribution < 1.29 is 4.74 Å². The van der Waals surface area contributed by atoms with E-state index < -0.39 is 0 Å². The van der Waals surface area contributed by atoms with Crippen LogP contribution in [-0.2, 0) is 0 Å². The summed E-state index contributed by atoms with van der Waals surface area (Å²) in [4.78, 5) is 0. The zero-order chi connectivity index (χ0) is 12.8. The second-order valence-electron chi connectivity index (χ2n) is 3.54. The normalized spacial score (nSPS) is 9.17. The first-order valence-corrected chi connectivity index (χ1v) is 5.81. The lowest BCUT2D eigenvalue weighted by Crippen LogP contribution is -1.85. The SMILES string of the molecule is C=COc1ccccc1C#Cc1cccc(Cl)c1. The molecule has 0 aliphatic rings. The Kier molecular flexibility index (Phi) is 4.06. The van der Waals surface area contributed by atoms with Gasteiger partial charge in [-0.15, -0.1) is 0 Å². The van der Waals surface area contributed by atoms with Gasteiger partial charge in [-0.2, -0.15) is 0 Å². The molecule has 0 bridgehead atoms. The third-order valence-corrected chi connectivity index (χ3v) is 2.50. The summed E-state index contributed by atoms with van der Waals surface area (Å²) in [6, 6.07) is 15.0. The van der Waals surface area contributed by atoms with E-state index in [1.54, 1.807) is 0 Å². The molecule has 2 heteroatoms. The van der Waals surface area contributed by atoms with Crippen molar-refractivity contribution in [3.63, 3.8) is 0 Å². The average Bonchev–Trinajstić information content (AvgIpc) is 2.38. The molecule has 2 rings (SSSR count). The van der Waals surface area contributed by atoms with E-state index in [1.165, 1.54) is 6.26 Å². The summed E-state index contributed by atoms with van der Waals surface area (Å²) < 4.78 is 5.28. The lowest BCUT2D eigenvalue weighted by atomic mass is 10.1. The molecule has 2 aromatic carbocycles. The second-order valence-corrected chi connectivity index (χ2v) is 3.98. The largest absolute Gasteiger partial charge is 0.464 e. The Morgan fingerprint density at radius 1 is 1.06 bits per heavy atom. The highest BCUT2D eigenvalue weighted by Gasteiger charge is 1.97. The van der Waals surface area contributed by atoms with Crippen LogP contribution in [0.3, 0.4) is 0 Å². The van der Waals surface area contributed by atoms with Gasteiger partial charge in [0.05, 0.1) is 11.8 Å². The van der Waals surface area contributed by atoms with Crippen LogP contribution in [0.15, 0.2) is 61.4 Å². The fourth-order valence-corrected chi connectivity index (χ4v) is 1.66. The lowest BCUT2D eigenvalue weighted by Gasteiger charge is -2.01. The highest BCUT2D eigenvalue weighted by molar-refractivity contribution is 6.30. The van der Waals surface area contributed by atoms with Crippen molar-refractivity contribution in [3.05, 3.63) is 77.5 Å². The lowest BCUT2D eigenvalue weighted by molar-refractivity contribution is 0.482. The van der Waals surface area contributed by atoms with Crippen LogP contribution < -0.4 is 4.74 Å². The molecule has 0 heterocycles. The minimum atomic E-state index is 0.678. The van der Waals surface area contributed by atoms with E-state index in [1.807, 2.05) is 48.5 Å².